The zero-order valence-corrected chi connectivity index (χ0v) is 4.57. The summed E-state index contributed by atoms with van der Waals surface area (Å²) in [6, 6.07) is 5.54. The number of hydrogen-bond donors (Lipinski definition) is 0. The number of hydrogen-bond acceptors (Lipinski definition) is 0. The van der Waals surface area contributed by atoms with Gasteiger partial charge in [0, 0.05) is 5.56 Å². The van der Waals surface area contributed by atoms with Gasteiger partial charge in [-0.1, -0.05) is 18.2 Å². The first-order chi connectivity index (χ1) is 4.34. The van der Waals surface area contributed by atoms with Crippen LogP contribution in [0.4, 0.5) is 8.78 Å². The van der Waals surface area contributed by atoms with E-state index in [1.165, 1.54) is 24.9 Å². The maximum absolute atomic E-state index is 12.3. The van der Waals surface area contributed by atoms with E-state index in [-0.39, 0.29) is 5.56 Å². The molecule has 2 heteroatoms. The molecule has 0 bridgehead atoms. The molecule has 0 amide bonds. The summed E-state index contributed by atoms with van der Waals surface area (Å²) in [6.45, 7) is 1.22. The molecule has 2 radical (unpaired) electrons. The van der Waals surface area contributed by atoms with E-state index in [4.69, 9.17) is 0 Å². The lowest BCUT2D eigenvalue weighted by Gasteiger charge is -1.91. The third kappa shape index (κ3) is 1.25. The van der Waals surface area contributed by atoms with Crippen molar-refractivity contribution in [3.05, 3.63) is 42.3 Å². The fourth-order valence-corrected chi connectivity index (χ4v) is 0.538. The molecule has 1 aromatic rings. The zero-order chi connectivity index (χ0) is 6.69. The van der Waals surface area contributed by atoms with Gasteiger partial charge in [0.25, 0.3) is 0 Å². The van der Waals surface area contributed by atoms with E-state index in [2.05, 4.69) is 0 Å². The zero-order valence-electron chi connectivity index (χ0n) is 4.57. The van der Waals surface area contributed by atoms with E-state index in [0.717, 1.165) is 0 Å². The molecule has 0 aliphatic heterocycles. The van der Waals surface area contributed by atoms with E-state index in [1.54, 1.807) is 6.07 Å². The van der Waals surface area contributed by atoms with Crippen molar-refractivity contribution in [2.75, 3.05) is 0 Å². The van der Waals surface area contributed by atoms with Gasteiger partial charge in [0.05, 0.1) is 0 Å². The molecular formula is C7H4F2. The van der Waals surface area contributed by atoms with Crippen LogP contribution in [-0.4, -0.2) is 0 Å². The van der Waals surface area contributed by atoms with E-state index >= 15 is 0 Å². The van der Waals surface area contributed by atoms with Gasteiger partial charge in [-0.25, -0.2) is 8.78 Å². The summed E-state index contributed by atoms with van der Waals surface area (Å²) in [7, 11) is 0. The Labute approximate surface area is 52.1 Å². The molecule has 1 aromatic carbocycles. The normalized spacial score (nSPS) is 9.56. The van der Waals surface area contributed by atoms with Crippen LogP contribution in [0.3, 0.4) is 0 Å². The van der Waals surface area contributed by atoms with E-state index in [0.29, 0.717) is 0 Å². The van der Waals surface area contributed by atoms with Crippen LogP contribution in [0.1, 0.15) is 5.56 Å². The Morgan fingerprint density at radius 3 is 2.33 bits per heavy atom. The molecule has 1 rings (SSSR count). The van der Waals surface area contributed by atoms with Gasteiger partial charge in [-0.2, -0.15) is 0 Å². The highest BCUT2D eigenvalue weighted by Crippen LogP contribution is 2.07. The third-order valence-corrected chi connectivity index (χ3v) is 0.976. The van der Waals surface area contributed by atoms with Crippen LogP contribution < -0.4 is 0 Å². The topological polar surface area (TPSA) is 0 Å². The molecule has 0 saturated heterocycles. The summed E-state index contributed by atoms with van der Waals surface area (Å²) < 4.78 is 23.8. The van der Waals surface area contributed by atoms with Gasteiger partial charge in [0.15, 0.2) is 0 Å². The quantitative estimate of drug-likeness (QED) is 0.541. The van der Waals surface area contributed by atoms with Crippen LogP contribution >= 0.6 is 0 Å². The van der Waals surface area contributed by atoms with Crippen molar-refractivity contribution in [2.24, 2.45) is 0 Å². The first kappa shape index (κ1) is 6.20. The Bertz CT molecular complexity index is 196. The smallest absolute Gasteiger partial charge is 0.222 e. The molecule has 46 valence electrons. The van der Waals surface area contributed by atoms with E-state index < -0.39 is 5.82 Å². The van der Waals surface area contributed by atoms with Crippen molar-refractivity contribution in [3.63, 3.8) is 0 Å². The summed E-state index contributed by atoms with van der Waals surface area (Å²) in [5, 5.41) is 0. The van der Waals surface area contributed by atoms with Crippen LogP contribution in [0.25, 0.3) is 0 Å². The van der Waals surface area contributed by atoms with Crippen LogP contribution in [0, 0.1) is 12.5 Å². The van der Waals surface area contributed by atoms with Gasteiger partial charge in [-0.05, 0) is 6.07 Å². The molecule has 0 spiro atoms. The Hall–Kier alpha value is -0.920. The van der Waals surface area contributed by atoms with Crippen molar-refractivity contribution in [2.45, 2.75) is 0 Å². The van der Waals surface area contributed by atoms with Gasteiger partial charge < -0.3 is 0 Å². The molecule has 0 N–H and O–H groups in total. The summed E-state index contributed by atoms with van der Waals surface area (Å²) in [6.07, 6.45) is 0. The van der Waals surface area contributed by atoms with Crippen LogP contribution in [0.5, 0.6) is 0 Å². The number of halogens is 2. The highest BCUT2D eigenvalue weighted by Gasteiger charge is 1.98. The predicted molar refractivity (Wildman–Crippen MR) is 29.9 cm³/mol. The lowest BCUT2D eigenvalue weighted by Crippen LogP contribution is -1.80. The molecule has 0 fully saturated rings. The molecule has 0 aromatic heterocycles. The molecule has 0 heterocycles. The maximum Gasteiger partial charge on any atom is 0.222 e. The third-order valence-electron chi connectivity index (χ3n) is 0.976. The highest BCUT2D eigenvalue weighted by molar-refractivity contribution is 5.21. The van der Waals surface area contributed by atoms with Crippen LogP contribution in [-0.2, 0) is 0 Å². The maximum atomic E-state index is 12.3. The summed E-state index contributed by atoms with van der Waals surface area (Å²) in [4.78, 5) is 0. The molecule has 0 nitrogen and oxygen atoms in total. The Morgan fingerprint density at radius 1 is 1.22 bits per heavy atom. The largest absolute Gasteiger partial charge is 0.230 e. The van der Waals surface area contributed by atoms with Gasteiger partial charge in [-0.15, -0.1) is 0 Å². The van der Waals surface area contributed by atoms with Crippen molar-refractivity contribution in [3.8, 4) is 0 Å². The lowest BCUT2D eigenvalue weighted by molar-refractivity contribution is 0.583. The minimum atomic E-state index is -0.583. The molecule has 0 aliphatic carbocycles. The average Bonchev–Trinajstić information content (AvgIpc) is 1.89. The minimum Gasteiger partial charge on any atom is -0.230 e. The second kappa shape index (κ2) is 2.58. The highest BCUT2D eigenvalue weighted by atomic mass is 19.1. The van der Waals surface area contributed by atoms with Gasteiger partial charge >= 0.3 is 0 Å². The standard InChI is InChI=1S/C7H4F2/c8-5-6-3-1-2-4-7(6)9/h1-4H. The number of benzene rings is 1. The van der Waals surface area contributed by atoms with E-state index in [1.807, 2.05) is 0 Å². The molecule has 0 atom stereocenters. The molecule has 0 saturated carbocycles. The molecular weight excluding hydrogens is 122 g/mol. The Morgan fingerprint density at radius 2 is 1.89 bits per heavy atom. The average molecular weight is 126 g/mol. The van der Waals surface area contributed by atoms with Gasteiger partial charge in [0.1, 0.15) is 5.82 Å². The predicted octanol–water partition coefficient (Wildman–Crippen LogP) is 2.18. The molecule has 0 aliphatic rings. The first-order valence-electron chi connectivity index (χ1n) is 2.46. The Kier molecular flexibility index (Phi) is 1.78. The fourth-order valence-electron chi connectivity index (χ4n) is 0.538. The number of rotatable bonds is 1. The van der Waals surface area contributed by atoms with Crippen molar-refractivity contribution in [1.82, 2.24) is 0 Å². The van der Waals surface area contributed by atoms with Crippen LogP contribution in [0.2, 0.25) is 0 Å². The monoisotopic (exact) mass is 126 g/mol. The molecule has 9 heavy (non-hydrogen) atoms. The summed E-state index contributed by atoms with van der Waals surface area (Å²) >= 11 is 0. The van der Waals surface area contributed by atoms with Crippen molar-refractivity contribution >= 4 is 0 Å². The van der Waals surface area contributed by atoms with Gasteiger partial charge in [-0.3, -0.25) is 0 Å². The lowest BCUT2D eigenvalue weighted by atomic mass is 10.2. The van der Waals surface area contributed by atoms with E-state index in [9.17, 15) is 8.78 Å². The summed E-state index contributed by atoms with van der Waals surface area (Å²) in [5.74, 6) is -0.583. The second-order valence-corrected chi connectivity index (χ2v) is 1.57. The van der Waals surface area contributed by atoms with Gasteiger partial charge in [0.2, 0.25) is 6.67 Å². The summed E-state index contributed by atoms with van der Waals surface area (Å²) in [5.41, 5.74) is -0.127. The fraction of sp³-hybridized carbons (Fsp3) is 0. The van der Waals surface area contributed by atoms with Crippen LogP contribution in [0.15, 0.2) is 24.3 Å². The van der Waals surface area contributed by atoms with Crippen molar-refractivity contribution in [1.29, 1.82) is 0 Å². The molecule has 0 unspecified atom stereocenters. The van der Waals surface area contributed by atoms with Crippen molar-refractivity contribution < 1.29 is 8.78 Å². The second-order valence-electron chi connectivity index (χ2n) is 1.57. The Balaban J connectivity index is 3.01. The minimum absolute atomic E-state index is 0.127. The SMILES string of the molecule is F[C]c1ccccc1F. The first-order valence-corrected chi connectivity index (χ1v) is 2.46.